The highest BCUT2D eigenvalue weighted by atomic mass is 35.5. The van der Waals surface area contributed by atoms with Gasteiger partial charge in [-0.15, -0.1) is 0 Å². The van der Waals surface area contributed by atoms with Crippen molar-refractivity contribution in [1.82, 2.24) is 9.97 Å². The van der Waals surface area contributed by atoms with Crippen molar-refractivity contribution >= 4 is 23.2 Å². The summed E-state index contributed by atoms with van der Waals surface area (Å²) >= 11 is 6.42. The zero-order valence-electron chi connectivity index (χ0n) is 18.2. The first kappa shape index (κ1) is 23.0. The molecule has 5 nitrogen and oxygen atoms in total. The molecule has 0 spiro atoms. The molecule has 0 unspecified atom stereocenters. The number of aromatic nitrogens is 2. The molecule has 0 bridgehead atoms. The third-order valence-electron chi connectivity index (χ3n) is 4.64. The molecule has 6 heteroatoms. The highest BCUT2D eigenvalue weighted by molar-refractivity contribution is 6.33. The number of carbonyl (C=O) groups is 1. The summed E-state index contributed by atoms with van der Waals surface area (Å²) in [7, 11) is 1.54. The van der Waals surface area contributed by atoms with E-state index in [0.29, 0.717) is 22.2 Å². The minimum atomic E-state index is -0.242. The molecule has 4 rings (SSSR count). The van der Waals surface area contributed by atoms with Gasteiger partial charge in [0.25, 0.3) is 5.91 Å². The third kappa shape index (κ3) is 5.50. The minimum absolute atomic E-state index is 0.242. The zero-order valence-corrected chi connectivity index (χ0v) is 18.9. The molecule has 4 aromatic rings. The number of rotatable bonds is 5. The number of benzene rings is 2. The number of hydrogen-bond acceptors (Lipinski definition) is 4. The van der Waals surface area contributed by atoms with Gasteiger partial charge < -0.3 is 10.1 Å². The van der Waals surface area contributed by atoms with E-state index >= 15 is 0 Å². The quantitative estimate of drug-likeness (QED) is 0.369. The van der Waals surface area contributed by atoms with Gasteiger partial charge in [0.05, 0.1) is 19.0 Å². The van der Waals surface area contributed by atoms with E-state index in [9.17, 15) is 4.79 Å². The molecule has 0 aliphatic heterocycles. The Morgan fingerprint density at radius 3 is 2.16 bits per heavy atom. The van der Waals surface area contributed by atoms with Gasteiger partial charge in [-0.3, -0.25) is 9.78 Å². The summed E-state index contributed by atoms with van der Waals surface area (Å²) in [5.74, 6) is 0.241. The Balaban J connectivity index is 0.00000141. The van der Waals surface area contributed by atoms with E-state index in [1.54, 1.807) is 56.0 Å². The van der Waals surface area contributed by atoms with Gasteiger partial charge in [0.2, 0.25) is 5.88 Å². The van der Waals surface area contributed by atoms with Crippen LogP contribution in [0.3, 0.4) is 0 Å². The number of carbonyl (C=O) groups excluding carboxylic acids is 1. The molecule has 0 aliphatic rings. The molecule has 1 amide bonds. The molecule has 0 aliphatic carbocycles. The number of halogens is 1. The van der Waals surface area contributed by atoms with Crippen molar-refractivity contribution in [3.8, 4) is 28.1 Å². The van der Waals surface area contributed by atoms with Crippen LogP contribution in [0.4, 0.5) is 5.69 Å². The lowest BCUT2D eigenvalue weighted by Crippen LogP contribution is -2.12. The summed E-state index contributed by atoms with van der Waals surface area (Å²) in [5.41, 5.74) is 4.97. The number of nitrogens with one attached hydrogen (secondary N) is 1. The van der Waals surface area contributed by atoms with E-state index in [0.717, 1.165) is 22.3 Å². The average Bonchev–Trinajstić information content (AvgIpc) is 2.86. The second kappa shape index (κ2) is 11.1. The second-order valence-electron chi connectivity index (χ2n) is 6.55. The maximum absolute atomic E-state index is 12.7. The van der Waals surface area contributed by atoms with Gasteiger partial charge in [-0.25, -0.2) is 4.98 Å². The van der Waals surface area contributed by atoms with E-state index in [4.69, 9.17) is 16.3 Å². The number of anilines is 1. The molecule has 2 heterocycles. The molecule has 0 atom stereocenters. The van der Waals surface area contributed by atoms with Crippen LogP contribution in [0.15, 0.2) is 85.3 Å². The third-order valence-corrected chi connectivity index (χ3v) is 4.97. The Kier molecular flexibility index (Phi) is 7.95. The number of nitrogens with zero attached hydrogens (tertiary/aromatic N) is 2. The number of hydrogen-bond donors (Lipinski definition) is 1. The number of methoxy groups -OCH3 is 1. The molecule has 32 heavy (non-hydrogen) atoms. The predicted molar refractivity (Wildman–Crippen MR) is 130 cm³/mol. The maximum Gasteiger partial charge on any atom is 0.255 e. The minimum Gasteiger partial charge on any atom is -0.481 e. The summed E-state index contributed by atoms with van der Waals surface area (Å²) in [4.78, 5) is 20.8. The van der Waals surface area contributed by atoms with Crippen LogP contribution in [0, 0.1) is 0 Å². The van der Waals surface area contributed by atoms with E-state index in [2.05, 4.69) is 15.3 Å². The molecular weight excluding hydrogens is 422 g/mol. The first-order valence-electron chi connectivity index (χ1n) is 10.3. The molecule has 0 radical (unpaired) electrons. The van der Waals surface area contributed by atoms with E-state index in [1.165, 1.54) is 0 Å². The molecule has 0 fully saturated rings. The summed E-state index contributed by atoms with van der Waals surface area (Å²) in [6, 6.07) is 20.6. The number of ether oxygens (including phenoxy) is 1. The molecule has 0 saturated carbocycles. The number of pyridine rings is 2. The van der Waals surface area contributed by atoms with Gasteiger partial charge in [0.15, 0.2) is 0 Å². The lowest BCUT2D eigenvalue weighted by atomic mass is 9.99. The van der Waals surface area contributed by atoms with Crippen LogP contribution in [0.2, 0.25) is 5.02 Å². The molecule has 2 aromatic heterocycles. The fourth-order valence-electron chi connectivity index (χ4n) is 3.05. The summed E-state index contributed by atoms with van der Waals surface area (Å²) in [6.07, 6.45) is 5.08. The van der Waals surface area contributed by atoms with Crippen LogP contribution in [0.25, 0.3) is 22.3 Å². The van der Waals surface area contributed by atoms with Crippen molar-refractivity contribution in [2.24, 2.45) is 0 Å². The summed E-state index contributed by atoms with van der Waals surface area (Å²) in [5, 5.41) is 3.41. The van der Waals surface area contributed by atoms with Gasteiger partial charge in [-0.1, -0.05) is 49.7 Å². The van der Waals surface area contributed by atoms with Crippen molar-refractivity contribution < 1.29 is 9.53 Å². The van der Waals surface area contributed by atoms with Crippen LogP contribution in [0.1, 0.15) is 24.2 Å². The summed E-state index contributed by atoms with van der Waals surface area (Å²) < 4.78 is 5.03. The highest BCUT2D eigenvalue weighted by Gasteiger charge is 2.11. The standard InChI is InChI=1S/C24H18ClN3O2.C2H6/c1-30-23-9-7-20(15-27-23)28-24(29)19-6-8-22(25)21(14-19)18-4-2-16(3-5-18)17-10-12-26-13-11-17;1-2/h2-15H,1H3,(H,28,29);1-2H3. The van der Waals surface area contributed by atoms with E-state index < -0.39 is 0 Å². The van der Waals surface area contributed by atoms with Gasteiger partial charge in [-0.05, 0) is 53.1 Å². The van der Waals surface area contributed by atoms with Crippen LogP contribution in [-0.4, -0.2) is 23.0 Å². The topological polar surface area (TPSA) is 64.1 Å². The molecule has 0 saturated heterocycles. The Labute approximate surface area is 193 Å². The van der Waals surface area contributed by atoms with E-state index in [1.807, 2.05) is 50.2 Å². The Bertz CT molecular complexity index is 1160. The zero-order chi connectivity index (χ0) is 22.9. The van der Waals surface area contributed by atoms with Crippen LogP contribution >= 0.6 is 11.6 Å². The van der Waals surface area contributed by atoms with Gasteiger partial charge in [-0.2, -0.15) is 0 Å². The largest absolute Gasteiger partial charge is 0.481 e. The van der Waals surface area contributed by atoms with Crippen LogP contribution < -0.4 is 10.1 Å². The SMILES string of the molecule is CC.COc1ccc(NC(=O)c2ccc(Cl)c(-c3ccc(-c4ccncc4)cc3)c2)cn1. The van der Waals surface area contributed by atoms with Crippen molar-refractivity contribution in [3.63, 3.8) is 0 Å². The normalized spacial score (nSPS) is 10.0. The molecule has 162 valence electrons. The van der Waals surface area contributed by atoms with Gasteiger partial charge >= 0.3 is 0 Å². The molecule has 2 aromatic carbocycles. The highest BCUT2D eigenvalue weighted by Crippen LogP contribution is 2.31. The number of amides is 1. The second-order valence-corrected chi connectivity index (χ2v) is 6.96. The maximum atomic E-state index is 12.7. The van der Waals surface area contributed by atoms with Crippen molar-refractivity contribution in [1.29, 1.82) is 0 Å². The molecular formula is C26H24ClN3O2. The molecule has 1 N–H and O–H groups in total. The van der Waals surface area contributed by atoms with Crippen LogP contribution in [-0.2, 0) is 0 Å². The van der Waals surface area contributed by atoms with Gasteiger partial charge in [0, 0.05) is 34.6 Å². The summed E-state index contributed by atoms with van der Waals surface area (Å²) in [6.45, 7) is 4.00. The smallest absolute Gasteiger partial charge is 0.255 e. The van der Waals surface area contributed by atoms with Crippen molar-refractivity contribution in [3.05, 3.63) is 95.9 Å². The van der Waals surface area contributed by atoms with Crippen molar-refractivity contribution in [2.45, 2.75) is 13.8 Å². The average molecular weight is 446 g/mol. The fraction of sp³-hybridized carbons (Fsp3) is 0.115. The Hall–Kier alpha value is -3.70. The first-order chi connectivity index (χ1) is 15.6. The Morgan fingerprint density at radius 2 is 1.53 bits per heavy atom. The Morgan fingerprint density at radius 1 is 0.875 bits per heavy atom. The predicted octanol–water partition coefficient (Wildman–Crippen LogP) is 6.75. The lowest BCUT2D eigenvalue weighted by molar-refractivity contribution is 0.102. The first-order valence-corrected chi connectivity index (χ1v) is 10.6. The van der Waals surface area contributed by atoms with Crippen LogP contribution in [0.5, 0.6) is 5.88 Å². The monoisotopic (exact) mass is 445 g/mol. The van der Waals surface area contributed by atoms with Gasteiger partial charge in [0.1, 0.15) is 0 Å². The fourth-order valence-corrected chi connectivity index (χ4v) is 3.28. The van der Waals surface area contributed by atoms with Crippen molar-refractivity contribution in [2.75, 3.05) is 12.4 Å². The van der Waals surface area contributed by atoms with E-state index in [-0.39, 0.29) is 5.91 Å². The lowest BCUT2D eigenvalue weighted by Gasteiger charge is -2.10.